The lowest BCUT2D eigenvalue weighted by Crippen LogP contribution is -2.61. The van der Waals surface area contributed by atoms with Crippen LogP contribution in [-0.4, -0.2) is 80.1 Å². The molecular formula is C35H44N4O6S. The van der Waals surface area contributed by atoms with Crippen LogP contribution >= 0.6 is 11.3 Å². The van der Waals surface area contributed by atoms with Crippen LogP contribution in [0.1, 0.15) is 50.5 Å². The number of hydrogen-bond acceptors (Lipinski definition) is 8. The number of carbonyl (C=O) groups excluding carboxylic acids is 3. The molecule has 3 N–H and O–H groups in total. The molecule has 3 heterocycles. The Hall–Kier alpha value is -3.51. The zero-order valence-electron chi connectivity index (χ0n) is 26.2. The highest BCUT2D eigenvalue weighted by atomic mass is 32.1. The van der Waals surface area contributed by atoms with E-state index in [1.165, 1.54) is 11.3 Å². The topological polar surface area (TPSA) is 118 Å². The van der Waals surface area contributed by atoms with E-state index in [0.29, 0.717) is 36.8 Å². The second kappa shape index (κ2) is 15.4. The Morgan fingerprint density at radius 1 is 0.957 bits per heavy atom. The quantitative estimate of drug-likeness (QED) is 0.278. The standard InChI is InChI=1S/C35H44N4O6S/c40-32(36-23-26-13-17-39(18-14-26)24-30-43-19-8-20-44-30)28(21-25-9-2-1-3-10-25)37-33(41)35(15-6-7-16-35)38-34(42)45-31-22-27-11-4-5-12-29(27)46-31/h1-5,9-12,22,26,28,30H,6-8,13-21,23-24H2,(H,36,40)(H,37,41)(H,38,42)/t28-/m1/s1. The fourth-order valence-corrected chi connectivity index (χ4v) is 7.57. The molecule has 2 aromatic carbocycles. The summed E-state index contributed by atoms with van der Waals surface area (Å²) in [5.41, 5.74) is -0.192. The van der Waals surface area contributed by atoms with Gasteiger partial charge in [-0.1, -0.05) is 72.7 Å². The summed E-state index contributed by atoms with van der Waals surface area (Å²) in [6.45, 7) is 4.69. The number of likely N-dealkylation sites (tertiary alicyclic amines) is 1. The minimum absolute atomic E-state index is 0.150. The first-order valence-electron chi connectivity index (χ1n) is 16.5. The van der Waals surface area contributed by atoms with Gasteiger partial charge in [0.05, 0.1) is 13.2 Å². The van der Waals surface area contributed by atoms with Crippen molar-refractivity contribution in [3.05, 3.63) is 66.2 Å². The highest BCUT2D eigenvalue weighted by Gasteiger charge is 2.44. The molecule has 1 atom stereocenters. The second-order valence-corrected chi connectivity index (χ2v) is 13.7. The van der Waals surface area contributed by atoms with Crippen LogP contribution in [0, 0.1) is 5.92 Å². The van der Waals surface area contributed by atoms with Crippen LogP contribution in [0.25, 0.3) is 10.1 Å². The number of nitrogens with one attached hydrogen (secondary N) is 3. The fourth-order valence-electron chi connectivity index (χ4n) is 6.66. The number of carbonyl (C=O) groups is 3. The molecule has 1 saturated carbocycles. The van der Waals surface area contributed by atoms with Crippen LogP contribution in [0.5, 0.6) is 5.06 Å². The van der Waals surface area contributed by atoms with Gasteiger partial charge < -0.3 is 30.2 Å². The first-order valence-corrected chi connectivity index (χ1v) is 17.3. The van der Waals surface area contributed by atoms with Crippen LogP contribution in [-0.2, 0) is 25.5 Å². The molecule has 3 fully saturated rings. The van der Waals surface area contributed by atoms with Gasteiger partial charge in [0.2, 0.25) is 11.8 Å². The maximum atomic E-state index is 13.9. The van der Waals surface area contributed by atoms with E-state index < -0.39 is 17.7 Å². The SMILES string of the molecule is O=C(NC1(C(=O)N[C@H](Cc2ccccc2)C(=O)NCC2CCN(CC3OCCCO3)CC2)CCCC1)Oc1cc2ccccc2s1. The van der Waals surface area contributed by atoms with Crippen molar-refractivity contribution < 1.29 is 28.6 Å². The van der Waals surface area contributed by atoms with E-state index in [-0.39, 0.29) is 18.1 Å². The maximum absolute atomic E-state index is 13.9. The molecule has 0 unspecified atom stereocenters. The smallest absolute Gasteiger partial charge is 0.399 e. The summed E-state index contributed by atoms with van der Waals surface area (Å²) in [5.74, 6) is -0.215. The van der Waals surface area contributed by atoms with E-state index in [1.54, 1.807) is 0 Å². The van der Waals surface area contributed by atoms with Gasteiger partial charge in [-0.15, -0.1) is 0 Å². The number of ether oxygens (including phenoxy) is 3. The first-order chi connectivity index (χ1) is 22.5. The Bertz CT molecular complexity index is 1430. The van der Waals surface area contributed by atoms with Gasteiger partial charge >= 0.3 is 6.09 Å². The van der Waals surface area contributed by atoms with Crippen molar-refractivity contribution in [2.24, 2.45) is 5.92 Å². The van der Waals surface area contributed by atoms with Crippen molar-refractivity contribution >= 4 is 39.3 Å². The van der Waals surface area contributed by atoms with Crippen LogP contribution in [0.2, 0.25) is 0 Å². The van der Waals surface area contributed by atoms with Crippen molar-refractivity contribution in [1.82, 2.24) is 20.9 Å². The number of rotatable bonds is 11. The van der Waals surface area contributed by atoms with Gasteiger partial charge in [0.25, 0.3) is 0 Å². The molecule has 3 aliphatic rings. The predicted octanol–water partition coefficient (Wildman–Crippen LogP) is 4.62. The molecule has 3 amide bonds. The molecule has 1 aromatic heterocycles. The molecule has 0 spiro atoms. The van der Waals surface area contributed by atoms with E-state index in [0.717, 1.165) is 80.6 Å². The van der Waals surface area contributed by atoms with Crippen molar-refractivity contribution in [2.75, 3.05) is 39.4 Å². The van der Waals surface area contributed by atoms with E-state index in [9.17, 15) is 14.4 Å². The van der Waals surface area contributed by atoms with E-state index in [4.69, 9.17) is 14.2 Å². The minimum Gasteiger partial charge on any atom is -0.399 e. The van der Waals surface area contributed by atoms with E-state index in [2.05, 4.69) is 20.9 Å². The average molecular weight is 649 g/mol. The normalized spacial score (nSPS) is 19.8. The number of amides is 3. The van der Waals surface area contributed by atoms with Gasteiger partial charge in [-0.2, -0.15) is 0 Å². The molecule has 11 heteroatoms. The van der Waals surface area contributed by atoms with Gasteiger partial charge in [-0.05, 0) is 68.1 Å². The Labute approximate surface area is 274 Å². The van der Waals surface area contributed by atoms with Crippen LogP contribution in [0.15, 0.2) is 60.7 Å². The molecule has 3 aromatic rings. The average Bonchev–Trinajstić information content (AvgIpc) is 3.72. The van der Waals surface area contributed by atoms with Gasteiger partial charge in [-0.25, -0.2) is 4.79 Å². The second-order valence-electron chi connectivity index (χ2n) is 12.6. The zero-order valence-corrected chi connectivity index (χ0v) is 27.0. The van der Waals surface area contributed by atoms with Crippen molar-refractivity contribution in [1.29, 1.82) is 0 Å². The van der Waals surface area contributed by atoms with Gasteiger partial charge in [0, 0.05) is 30.3 Å². The molecule has 0 bridgehead atoms. The largest absolute Gasteiger partial charge is 0.414 e. The minimum atomic E-state index is -1.14. The number of hydrogen-bond donors (Lipinski definition) is 3. The molecule has 6 rings (SSSR count). The Balaban J connectivity index is 1.05. The Morgan fingerprint density at radius 3 is 2.41 bits per heavy atom. The molecule has 46 heavy (non-hydrogen) atoms. The van der Waals surface area contributed by atoms with Gasteiger partial charge in [0.15, 0.2) is 11.4 Å². The summed E-state index contributed by atoms with van der Waals surface area (Å²) in [6.07, 6.45) is 4.97. The predicted molar refractivity (Wildman–Crippen MR) is 177 cm³/mol. The summed E-state index contributed by atoms with van der Waals surface area (Å²) in [7, 11) is 0. The summed E-state index contributed by atoms with van der Waals surface area (Å²) in [6, 6.07) is 18.5. The lowest BCUT2D eigenvalue weighted by atomic mass is 9.94. The summed E-state index contributed by atoms with van der Waals surface area (Å²) >= 11 is 1.38. The van der Waals surface area contributed by atoms with E-state index >= 15 is 0 Å². The first kappa shape index (κ1) is 32.4. The van der Waals surface area contributed by atoms with Crippen LogP contribution in [0.3, 0.4) is 0 Å². The number of fused-ring (bicyclic) bond motifs is 1. The highest BCUT2D eigenvalue weighted by Crippen LogP contribution is 2.33. The number of nitrogens with zero attached hydrogens (tertiary/aromatic N) is 1. The molecule has 10 nitrogen and oxygen atoms in total. The van der Waals surface area contributed by atoms with Crippen LogP contribution < -0.4 is 20.7 Å². The molecule has 1 aliphatic carbocycles. The van der Waals surface area contributed by atoms with Gasteiger partial charge in [-0.3, -0.25) is 14.5 Å². The zero-order chi connectivity index (χ0) is 31.8. The monoisotopic (exact) mass is 648 g/mol. The third-order valence-electron chi connectivity index (χ3n) is 9.31. The Kier molecular flexibility index (Phi) is 10.8. The Morgan fingerprint density at radius 2 is 1.67 bits per heavy atom. The lowest BCUT2D eigenvalue weighted by molar-refractivity contribution is -0.187. The van der Waals surface area contributed by atoms with Gasteiger partial charge in [0.1, 0.15) is 11.6 Å². The molecular weight excluding hydrogens is 604 g/mol. The number of benzene rings is 2. The highest BCUT2D eigenvalue weighted by molar-refractivity contribution is 7.20. The molecule has 246 valence electrons. The molecule has 2 aliphatic heterocycles. The number of piperidine rings is 1. The maximum Gasteiger partial charge on any atom is 0.414 e. The van der Waals surface area contributed by atoms with Crippen molar-refractivity contribution in [2.45, 2.75) is 69.2 Å². The number of thiophene rings is 1. The fraction of sp³-hybridized carbons (Fsp3) is 0.514. The summed E-state index contributed by atoms with van der Waals surface area (Å²) in [4.78, 5) is 43.0. The van der Waals surface area contributed by atoms with Crippen molar-refractivity contribution in [3.8, 4) is 5.06 Å². The third-order valence-corrected chi connectivity index (χ3v) is 10.3. The summed E-state index contributed by atoms with van der Waals surface area (Å²) < 4.78 is 18.1. The molecule has 0 radical (unpaired) electrons. The third kappa shape index (κ3) is 8.44. The van der Waals surface area contributed by atoms with Crippen molar-refractivity contribution in [3.63, 3.8) is 0 Å². The molecule has 2 saturated heterocycles. The lowest BCUT2D eigenvalue weighted by Gasteiger charge is -2.35. The van der Waals surface area contributed by atoms with E-state index in [1.807, 2.05) is 60.7 Å². The van der Waals surface area contributed by atoms with Crippen LogP contribution in [0.4, 0.5) is 4.79 Å². The summed E-state index contributed by atoms with van der Waals surface area (Å²) in [5, 5.41) is 10.5.